The Labute approximate surface area is 110 Å². The van der Waals surface area contributed by atoms with Crippen LogP contribution in [0.25, 0.3) is 0 Å². The molecule has 1 rings (SSSR count). The standard InChI is InChI=1S/C13H17F2NO3/c1-19-6-5-16(9-12(17)18)8-10-3-2-4-11(7-10)13(14)15/h2-4,7,13H,5-6,8-9H2,1H3,(H,17,18). The zero-order chi connectivity index (χ0) is 14.3. The van der Waals surface area contributed by atoms with Gasteiger partial charge in [0, 0.05) is 25.8 Å². The molecule has 0 atom stereocenters. The minimum Gasteiger partial charge on any atom is -0.480 e. The number of halogens is 2. The van der Waals surface area contributed by atoms with E-state index < -0.39 is 12.4 Å². The van der Waals surface area contributed by atoms with E-state index in [1.54, 1.807) is 17.0 Å². The predicted octanol–water partition coefficient (Wildman–Crippen LogP) is 2.16. The molecule has 0 fully saturated rings. The van der Waals surface area contributed by atoms with Gasteiger partial charge in [-0.3, -0.25) is 9.69 Å². The van der Waals surface area contributed by atoms with Crippen molar-refractivity contribution in [1.29, 1.82) is 0 Å². The number of carboxylic acids is 1. The second-order valence-corrected chi connectivity index (χ2v) is 4.14. The number of carbonyl (C=O) groups is 1. The number of hydrogen-bond acceptors (Lipinski definition) is 3. The lowest BCUT2D eigenvalue weighted by molar-refractivity contribution is -0.138. The molecule has 0 saturated carbocycles. The fourth-order valence-corrected chi connectivity index (χ4v) is 1.71. The minimum absolute atomic E-state index is 0.0560. The van der Waals surface area contributed by atoms with Crippen LogP contribution in [0.5, 0.6) is 0 Å². The summed E-state index contributed by atoms with van der Waals surface area (Å²) in [6.45, 7) is 0.974. The van der Waals surface area contributed by atoms with Gasteiger partial charge >= 0.3 is 5.97 Å². The number of aliphatic carboxylic acids is 1. The third-order valence-electron chi connectivity index (χ3n) is 2.58. The number of alkyl halides is 2. The molecule has 0 radical (unpaired) electrons. The molecule has 0 aliphatic carbocycles. The number of nitrogens with zero attached hydrogens (tertiary/aromatic N) is 1. The Kier molecular flexibility index (Phi) is 6.38. The lowest BCUT2D eigenvalue weighted by Crippen LogP contribution is -2.32. The van der Waals surface area contributed by atoms with E-state index in [4.69, 9.17) is 9.84 Å². The van der Waals surface area contributed by atoms with E-state index in [-0.39, 0.29) is 12.1 Å². The summed E-state index contributed by atoms with van der Waals surface area (Å²) in [5.74, 6) is -0.957. The number of hydrogen-bond donors (Lipinski definition) is 1. The van der Waals surface area contributed by atoms with E-state index in [2.05, 4.69) is 0 Å². The van der Waals surface area contributed by atoms with Crippen molar-refractivity contribution in [2.45, 2.75) is 13.0 Å². The van der Waals surface area contributed by atoms with E-state index in [0.717, 1.165) is 0 Å². The van der Waals surface area contributed by atoms with Gasteiger partial charge in [-0.05, 0) is 11.6 Å². The Balaban J connectivity index is 2.71. The topological polar surface area (TPSA) is 49.8 Å². The van der Waals surface area contributed by atoms with Crippen LogP contribution in [-0.2, 0) is 16.1 Å². The number of methoxy groups -OCH3 is 1. The number of carboxylic acid groups (broad SMARTS) is 1. The molecule has 0 saturated heterocycles. The molecule has 4 nitrogen and oxygen atoms in total. The summed E-state index contributed by atoms with van der Waals surface area (Å²) in [4.78, 5) is 12.4. The minimum atomic E-state index is -2.52. The Morgan fingerprint density at radius 1 is 1.47 bits per heavy atom. The third-order valence-corrected chi connectivity index (χ3v) is 2.58. The van der Waals surface area contributed by atoms with Crippen molar-refractivity contribution in [2.24, 2.45) is 0 Å². The second kappa shape index (κ2) is 7.81. The van der Waals surface area contributed by atoms with Gasteiger partial charge in [-0.15, -0.1) is 0 Å². The Bertz CT molecular complexity index is 413. The molecule has 0 amide bonds. The number of rotatable bonds is 8. The zero-order valence-corrected chi connectivity index (χ0v) is 10.7. The molecule has 0 aliphatic rings. The van der Waals surface area contributed by atoms with Crippen molar-refractivity contribution in [3.63, 3.8) is 0 Å². The van der Waals surface area contributed by atoms with Crippen molar-refractivity contribution in [3.8, 4) is 0 Å². The maximum atomic E-state index is 12.6. The molecule has 106 valence electrons. The molecule has 0 heterocycles. The molecule has 1 aromatic rings. The van der Waals surface area contributed by atoms with Crippen molar-refractivity contribution < 1.29 is 23.4 Å². The van der Waals surface area contributed by atoms with Gasteiger partial charge in [-0.25, -0.2) is 8.78 Å². The van der Waals surface area contributed by atoms with Crippen LogP contribution in [0.15, 0.2) is 24.3 Å². The summed E-state index contributed by atoms with van der Waals surface area (Å²) in [6.07, 6.45) is -2.52. The van der Waals surface area contributed by atoms with Crippen LogP contribution >= 0.6 is 0 Å². The average Bonchev–Trinajstić information content (AvgIpc) is 2.35. The van der Waals surface area contributed by atoms with Gasteiger partial charge < -0.3 is 9.84 Å². The fraction of sp³-hybridized carbons (Fsp3) is 0.462. The molecule has 0 aliphatic heterocycles. The molecule has 19 heavy (non-hydrogen) atoms. The Hall–Kier alpha value is -1.53. The van der Waals surface area contributed by atoms with E-state index >= 15 is 0 Å². The van der Waals surface area contributed by atoms with Crippen molar-refractivity contribution in [2.75, 3.05) is 26.8 Å². The molecule has 1 aromatic carbocycles. The molecule has 0 unspecified atom stereocenters. The van der Waals surface area contributed by atoms with Crippen LogP contribution in [0, 0.1) is 0 Å². The van der Waals surface area contributed by atoms with E-state index in [0.29, 0.717) is 25.3 Å². The van der Waals surface area contributed by atoms with E-state index in [1.807, 2.05) is 0 Å². The highest BCUT2D eigenvalue weighted by molar-refractivity contribution is 5.69. The van der Waals surface area contributed by atoms with Gasteiger partial charge in [0.2, 0.25) is 0 Å². The van der Waals surface area contributed by atoms with Gasteiger partial charge in [0.05, 0.1) is 13.2 Å². The highest BCUT2D eigenvalue weighted by Crippen LogP contribution is 2.20. The first kappa shape index (κ1) is 15.5. The quantitative estimate of drug-likeness (QED) is 0.788. The summed E-state index contributed by atoms with van der Waals surface area (Å²) in [7, 11) is 1.52. The summed E-state index contributed by atoms with van der Waals surface area (Å²) in [5.41, 5.74) is 0.606. The van der Waals surface area contributed by atoms with Crippen LogP contribution < -0.4 is 0 Å². The van der Waals surface area contributed by atoms with Crippen LogP contribution in [0.3, 0.4) is 0 Å². The molecule has 0 bridgehead atoms. The summed E-state index contributed by atoms with van der Waals surface area (Å²) < 4.78 is 30.0. The highest BCUT2D eigenvalue weighted by atomic mass is 19.3. The maximum absolute atomic E-state index is 12.6. The van der Waals surface area contributed by atoms with Crippen LogP contribution in [-0.4, -0.2) is 42.8 Å². The Morgan fingerprint density at radius 2 is 2.21 bits per heavy atom. The zero-order valence-electron chi connectivity index (χ0n) is 10.7. The van der Waals surface area contributed by atoms with Crippen molar-refractivity contribution in [3.05, 3.63) is 35.4 Å². The second-order valence-electron chi connectivity index (χ2n) is 4.14. The third kappa shape index (κ3) is 5.76. The molecular weight excluding hydrogens is 256 g/mol. The first-order valence-electron chi connectivity index (χ1n) is 5.83. The first-order valence-corrected chi connectivity index (χ1v) is 5.83. The lowest BCUT2D eigenvalue weighted by Gasteiger charge is -2.20. The molecular formula is C13H17F2NO3. The molecule has 6 heteroatoms. The van der Waals surface area contributed by atoms with Gasteiger partial charge in [0.15, 0.2) is 0 Å². The summed E-state index contributed by atoms with van der Waals surface area (Å²) >= 11 is 0. The lowest BCUT2D eigenvalue weighted by atomic mass is 10.1. The number of benzene rings is 1. The molecule has 0 aromatic heterocycles. The predicted molar refractivity (Wildman–Crippen MR) is 66.2 cm³/mol. The van der Waals surface area contributed by atoms with E-state index in [1.165, 1.54) is 19.2 Å². The molecule has 0 spiro atoms. The fourth-order valence-electron chi connectivity index (χ4n) is 1.71. The Morgan fingerprint density at radius 3 is 2.79 bits per heavy atom. The maximum Gasteiger partial charge on any atom is 0.317 e. The van der Waals surface area contributed by atoms with Gasteiger partial charge in [-0.2, -0.15) is 0 Å². The van der Waals surface area contributed by atoms with E-state index in [9.17, 15) is 13.6 Å². The van der Waals surface area contributed by atoms with Gasteiger partial charge in [0.1, 0.15) is 0 Å². The summed E-state index contributed by atoms with van der Waals surface area (Å²) in [6, 6.07) is 6.00. The first-order chi connectivity index (χ1) is 9.02. The summed E-state index contributed by atoms with van der Waals surface area (Å²) in [5, 5.41) is 8.80. The average molecular weight is 273 g/mol. The normalized spacial score (nSPS) is 11.2. The van der Waals surface area contributed by atoms with Crippen LogP contribution in [0.2, 0.25) is 0 Å². The largest absolute Gasteiger partial charge is 0.480 e. The monoisotopic (exact) mass is 273 g/mol. The smallest absolute Gasteiger partial charge is 0.317 e. The van der Waals surface area contributed by atoms with Crippen molar-refractivity contribution >= 4 is 5.97 Å². The SMILES string of the molecule is COCCN(CC(=O)O)Cc1cccc(C(F)F)c1. The molecule has 1 N–H and O–H groups in total. The van der Waals surface area contributed by atoms with Crippen LogP contribution in [0.4, 0.5) is 8.78 Å². The van der Waals surface area contributed by atoms with Gasteiger partial charge in [-0.1, -0.05) is 18.2 Å². The van der Waals surface area contributed by atoms with Gasteiger partial charge in [0.25, 0.3) is 6.43 Å². The van der Waals surface area contributed by atoms with Crippen molar-refractivity contribution in [1.82, 2.24) is 4.90 Å². The highest BCUT2D eigenvalue weighted by Gasteiger charge is 2.12. The van der Waals surface area contributed by atoms with Crippen LogP contribution in [0.1, 0.15) is 17.6 Å². The number of ether oxygens (including phenoxy) is 1.